The smallest absolute Gasteiger partial charge is 0.325 e. The van der Waals surface area contributed by atoms with Crippen molar-refractivity contribution in [2.45, 2.75) is 13.8 Å². The van der Waals surface area contributed by atoms with Gasteiger partial charge in [0.2, 0.25) is 0 Å². The molecule has 0 aliphatic carbocycles. The molecule has 98 valence electrons. The van der Waals surface area contributed by atoms with Crippen molar-refractivity contribution in [1.29, 1.82) is 0 Å². The van der Waals surface area contributed by atoms with Gasteiger partial charge in [-0.2, -0.15) is 0 Å². The summed E-state index contributed by atoms with van der Waals surface area (Å²) in [5.41, 5.74) is 1.39. The quantitative estimate of drug-likeness (QED) is 0.801. The molecule has 0 radical (unpaired) electrons. The van der Waals surface area contributed by atoms with Crippen molar-refractivity contribution >= 4 is 11.9 Å². The molecule has 0 unspecified atom stereocenters. The number of hydrogen-bond acceptors (Lipinski definition) is 4. The van der Waals surface area contributed by atoms with Crippen molar-refractivity contribution in [3.05, 3.63) is 29.3 Å². The fourth-order valence-corrected chi connectivity index (χ4v) is 1.43. The molecule has 5 heteroatoms. The van der Waals surface area contributed by atoms with Crippen molar-refractivity contribution in [3.63, 3.8) is 0 Å². The maximum Gasteiger partial charge on any atom is 0.325 e. The minimum absolute atomic E-state index is 0.136. The van der Waals surface area contributed by atoms with Crippen molar-refractivity contribution in [2.75, 3.05) is 20.3 Å². The largest absolute Gasteiger partial charge is 0.496 e. The number of benzene rings is 1. The minimum Gasteiger partial charge on any atom is -0.496 e. The normalized spacial score (nSPS) is 9.72. The van der Waals surface area contributed by atoms with Gasteiger partial charge in [0, 0.05) is 5.56 Å². The van der Waals surface area contributed by atoms with Crippen LogP contribution in [0.15, 0.2) is 18.2 Å². The lowest BCUT2D eigenvalue weighted by Gasteiger charge is -2.08. The number of aryl methyl sites for hydroxylation is 1. The van der Waals surface area contributed by atoms with Crippen LogP contribution in [0.25, 0.3) is 0 Å². The van der Waals surface area contributed by atoms with Gasteiger partial charge in [-0.1, -0.05) is 6.07 Å². The van der Waals surface area contributed by atoms with Crippen molar-refractivity contribution in [1.82, 2.24) is 5.32 Å². The minimum atomic E-state index is -0.454. The predicted molar refractivity (Wildman–Crippen MR) is 66.7 cm³/mol. The van der Waals surface area contributed by atoms with E-state index in [2.05, 4.69) is 5.32 Å². The van der Waals surface area contributed by atoms with Gasteiger partial charge in [-0.15, -0.1) is 0 Å². The van der Waals surface area contributed by atoms with Gasteiger partial charge in [0.05, 0.1) is 13.7 Å². The fraction of sp³-hybridized carbons (Fsp3) is 0.385. The lowest BCUT2D eigenvalue weighted by molar-refractivity contribution is -0.141. The van der Waals surface area contributed by atoms with Gasteiger partial charge in [0.25, 0.3) is 5.91 Å². The Kier molecular flexibility index (Phi) is 5.17. The first-order valence-electron chi connectivity index (χ1n) is 5.67. The van der Waals surface area contributed by atoms with Crippen LogP contribution < -0.4 is 10.1 Å². The monoisotopic (exact) mass is 251 g/mol. The molecule has 0 bridgehead atoms. The molecular formula is C13H17NO4. The zero-order chi connectivity index (χ0) is 13.5. The number of nitrogens with one attached hydrogen (secondary N) is 1. The van der Waals surface area contributed by atoms with E-state index in [-0.39, 0.29) is 12.5 Å². The van der Waals surface area contributed by atoms with Crippen LogP contribution in [-0.2, 0) is 9.53 Å². The zero-order valence-corrected chi connectivity index (χ0v) is 10.8. The molecule has 0 atom stereocenters. The van der Waals surface area contributed by atoms with Crippen LogP contribution in [0.2, 0.25) is 0 Å². The molecule has 0 aromatic heterocycles. The highest BCUT2D eigenvalue weighted by Gasteiger charge is 2.10. The lowest BCUT2D eigenvalue weighted by Crippen LogP contribution is -2.30. The van der Waals surface area contributed by atoms with E-state index < -0.39 is 5.97 Å². The molecule has 0 heterocycles. The summed E-state index contributed by atoms with van der Waals surface area (Å²) in [4.78, 5) is 22.9. The Bertz CT molecular complexity index is 443. The first-order valence-corrected chi connectivity index (χ1v) is 5.67. The van der Waals surface area contributed by atoms with E-state index >= 15 is 0 Å². The second kappa shape index (κ2) is 6.64. The van der Waals surface area contributed by atoms with Crippen molar-refractivity contribution < 1.29 is 19.1 Å². The number of methoxy groups -OCH3 is 1. The summed E-state index contributed by atoms with van der Waals surface area (Å²) in [6.07, 6.45) is 0. The molecule has 1 aromatic rings. The summed E-state index contributed by atoms with van der Waals surface area (Å²) in [6.45, 7) is 3.76. The van der Waals surface area contributed by atoms with Gasteiger partial charge in [0.1, 0.15) is 12.3 Å². The van der Waals surface area contributed by atoms with Crippen LogP contribution in [0.5, 0.6) is 5.75 Å². The summed E-state index contributed by atoms with van der Waals surface area (Å²) in [5.74, 6) is -0.148. The zero-order valence-electron chi connectivity index (χ0n) is 10.8. The molecule has 0 aliphatic heterocycles. The molecule has 1 amide bonds. The van der Waals surface area contributed by atoms with Crippen LogP contribution in [0.3, 0.4) is 0 Å². The third-order valence-corrected chi connectivity index (χ3v) is 2.37. The van der Waals surface area contributed by atoms with Crippen molar-refractivity contribution in [3.8, 4) is 5.75 Å². The van der Waals surface area contributed by atoms with E-state index in [0.717, 1.165) is 5.56 Å². The van der Waals surface area contributed by atoms with Crippen LogP contribution in [0.1, 0.15) is 22.8 Å². The van der Waals surface area contributed by atoms with E-state index in [0.29, 0.717) is 17.9 Å². The van der Waals surface area contributed by atoms with Gasteiger partial charge >= 0.3 is 5.97 Å². The first kappa shape index (κ1) is 14.0. The van der Waals surface area contributed by atoms with Gasteiger partial charge in [-0.05, 0) is 31.5 Å². The number of carbonyl (C=O) groups is 2. The maximum atomic E-state index is 11.8. The topological polar surface area (TPSA) is 64.6 Å². The van der Waals surface area contributed by atoms with E-state index in [4.69, 9.17) is 9.47 Å². The van der Waals surface area contributed by atoms with Gasteiger partial charge in [-0.3, -0.25) is 9.59 Å². The summed E-state index contributed by atoms with van der Waals surface area (Å²) < 4.78 is 9.84. The van der Waals surface area contributed by atoms with Crippen molar-refractivity contribution in [2.24, 2.45) is 0 Å². The van der Waals surface area contributed by atoms with Crippen LogP contribution >= 0.6 is 0 Å². The molecule has 1 aromatic carbocycles. The molecule has 0 aliphatic rings. The van der Waals surface area contributed by atoms with Crippen LogP contribution in [0.4, 0.5) is 0 Å². The summed E-state index contributed by atoms with van der Waals surface area (Å²) in [5, 5.41) is 2.49. The Labute approximate surface area is 106 Å². The van der Waals surface area contributed by atoms with E-state index in [1.54, 1.807) is 32.2 Å². The Balaban J connectivity index is 2.64. The third-order valence-electron chi connectivity index (χ3n) is 2.37. The highest BCUT2D eigenvalue weighted by atomic mass is 16.5. The molecule has 0 saturated carbocycles. The maximum absolute atomic E-state index is 11.8. The Morgan fingerprint density at radius 1 is 1.33 bits per heavy atom. The second-order valence-corrected chi connectivity index (χ2v) is 3.67. The Morgan fingerprint density at radius 3 is 2.67 bits per heavy atom. The SMILES string of the molecule is CCOC(=O)CNC(=O)c1ccc(C)c(OC)c1. The Morgan fingerprint density at radius 2 is 2.06 bits per heavy atom. The van der Waals surface area contributed by atoms with Gasteiger partial charge in [-0.25, -0.2) is 0 Å². The van der Waals surface area contributed by atoms with Gasteiger partial charge < -0.3 is 14.8 Å². The van der Waals surface area contributed by atoms with E-state index in [1.165, 1.54) is 0 Å². The Hall–Kier alpha value is -2.04. The molecule has 1 rings (SSSR count). The van der Waals surface area contributed by atoms with E-state index in [1.807, 2.05) is 6.92 Å². The first-order chi connectivity index (χ1) is 8.58. The summed E-state index contributed by atoms with van der Waals surface area (Å²) in [7, 11) is 1.54. The molecule has 5 nitrogen and oxygen atoms in total. The fourth-order valence-electron chi connectivity index (χ4n) is 1.43. The summed E-state index contributed by atoms with van der Waals surface area (Å²) in [6, 6.07) is 5.10. The van der Waals surface area contributed by atoms with E-state index in [9.17, 15) is 9.59 Å². The highest BCUT2D eigenvalue weighted by molar-refractivity contribution is 5.96. The predicted octanol–water partition coefficient (Wildman–Crippen LogP) is 1.30. The average molecular weight is 251 g/mol. The van der Waals surface area contributed by atoms with Crippen LogP contribution in [-0.4, -0.2) is 32.1 Å². The molecule has 0 saturated heterocycles. The standard InChI is InChI=1S/C13H17NO4/c1-4-18-12(15)8-14-13(16)10-6-5-9(2)11(7-10)17-3/h5-7H,4,8H2,1-3H3,(H,14,16). The van der Waals surface area contributed by atoms with Crippen LogP contribution in [0, 0.1) is 6.92 Å². The number of ether oxygens (including phenoxy) is 2. The number of esters is 1. The average Bonchev–Trinajstić information content (AvgIpc) is 2.37. The second-order valence-electron chi connectivity index (χ2n) is 3.67. The number of amides is 1. The molecule has 0 fully saturated rings. The number of carbonyl (C=O) groups excluding carboxylic acids is 2. The summed E-state index contributed by atoms with van der Waals surface area (Å²) >= 11 is 0. The number of rotatable bonds is 5. The van der Waals surface area contributed by atoms with Gasteiger partial charge in [0.15, 0.2) is 0 Å². The molecule has 0 spiro atoms. The number of hydrogen-bond donors (Lipinski definition) is 1. The third kappa shape index (κ3) is 3.76. The molecule has 18 heavy (non-hydrogen) atoms. The highest BCUT2D eigenvalue weighted by Crippen LogP contribution is 2.18. The lowest BCUT2D eigenvalue weighted by atomic mass is 10.1. The molecule has 1 N–H and O–H groups in total. The molecular weight excluding hydrogens is 234 g/mol.